The number of hydrogen-bond acceptors (Lipinski definition) is 3. The van der Waals surface area contributed by atoms with Gasteiger partial charge in [-0.1, -0.05) is 12.1 Å². The van der Waals surface area contributed by atoms with E-state index in [0.717, 1.165) is 44.8 Å². The fourth-order valence-electron chi connectivity index (χ4n) is 3.08. The van der Waals surface area contributed by atoms with Crippen LogP contribution >= 0.6 is 0 Å². The predicted octanol–water partition coefficient (Wildman–Crippen LogP) is 2.24. The van der Waals surface area contributed by atoms with Crippen LogP contribution in [-0.2, 0) is 0 Å². The van der Waals surface area contributed by atoms with Crippen LogP contribution in [0.3, 0.4) is 0 Å². The summed E-state index contributed by atoms with van der Waals surface area (Å²) in [7, 11) is 2.18. The van der Waals surface area contributed by atoms with Crippen LogP contribution in [0.4, 0.5) is 0 Å². The number of ether oxygens (including phenoxy) is 1. The smallest absolute Gasteiger partial charge is 0.120 e. The third kappa shape index (κ3) is 3.28. The van der Waals surface area contributed by atoms with Crippen LogP contribution in [0.15, 0.2) is 24.3 Å². The number of benzene rings is 1. The SMILES string of the molecule is CN1CCC(Oc2cccc(C3CCNC3)c2)CC1. The molecule has 1 unspecified atom stereocenters. The van der Waals surface area contributed by atoms with Crippen molar-refractivity contribution in [3.63, 3.8) is 0 Å². The molecule has 1 N–H and O–H groups in total. The van der Waals surface area contributed by atoms with E-state index in [2.05, 4.69) is 41.5 Å². The summed E-state index contributed by atoms with van der Waals surface area (Å²) in [4.78, 5) is 2.38. The third-order valence-electron chi connectivity index (χ3n) is 4.36. The molecule has 2 saturated heterocycles. The van der Waals surface area contributed by atoms with E-state index in [1.165, 1.54) is 12.0 Å². The standard InChI is InChI=1S/C16H24N2O/c1-18-9-6-15(7-10-18)19-16-4-2-3-13(11-16)14-5-8-17-12-14/h2-4,11,14-15,17H,5-10,12H2,1H3. The molecule has 3 rings (SSSR count). The molecular formula is C16H24N2O. The minimum atomic E-state index is 0.396. The second-order valence-electron chi connectivity index (χ2n) is 5.88. The number of nitrogens with zero attached hydrogens (tertiary/aromatic N) is 1. The minimum Gasteiger partial charge on any atom is -0.490 e. The van der Waals surface area contributed by atoms with Gasteiger partial charge in [-0.15, -0.1) is 0 Å². The van der Waals surface area contributed by atoms with E-state index in [1.807, 2.05) is 0 Å². The van der Waals surface area contributed by atoms with Gasteiger partial charge in [0.15, 0.2) is 0 Å². The molecule has 0 bridgehead atoms. The Hall–Kier alpha value is -1.06. The summed E-state index contributed by atoms with van der Waals surface area (Å²) in [6.07, 6.45) is 3.93. The highest BCUT2D eigenvalue weighted by Crippen LogP contribution is 2.27. The Morgan fingerprint density at radius 2 is 2.05 bits per heavy atom. The van der Waals surface area contributed by atoms with E-state index in [-0.39, 0.29) is 0 Å². The van der Waals surface area contributed by atoms with Crippen LogP contribution in [0.1, 0.15) is 30.7 Å². The van der Waals surface area contributed by atoms with Gasteiger partial charge in [-0.05, 0) is 56.5 Å². The topological polar surface area (TPSA) is 24.5 Å². The molecule has 0 spiro atoms. The highest BCUT2D eigenvalue weighted by molar-refractivity contribution is 5.31. The second kappa shape index (κ2) is 5.93. The first-order chi connectivity index (χ1) is 9.31. The first-order valence-electron chi connectivity index (χ1n) is 7.47. The van der Waals surface area contributed by atoms with Crippen LogP contribution in [-0.4, -0.2) is 44.2 Å². The third-order valence-corrected chi connectivity index (χ3v) is 4.36. The Morgan fingerprint density at radius 1 is 1.21 bits per heavy atom. The fraction of sp³-hybridized carbons (Fsp3) is 0.625. The van der Waals surface area contributed by atoms with E-state index in [1.54, 1.807) is 0 Å². The average molecular weight is 260 g/mol. The van der Waals surface area contributed by atoms with Gasteiger partial charge in [0.2, 0.25) is 0 Å². The maximum atomic E-state index is 6.16. The molecular weight excluding hydrogens is 236 g/mol. The van der Waals surface area contributed by atoms with Gasteiger partial charge in [0.25, 0.3) is 0 Å². The molecule has 2 fully saturated rings. The lowest BCUT2D eigenvalue weighted by Crippen LogP contribution is -2.35. The summed E-state index contributed by atoms with van der Waals surface area (Å²) < 4.78 is 6.16. The molecule has 0 aliphatic carbocycles. The van der Waals surface area contributed by atoms with E-state index in [9.17, 15) is 0 Å². The van der Waals surface area contributed by atoms with Crippen molar-refractivity contribution in [1.82, 2.24) is 10.2 Å². The highest BCUT2D eigenvalue weighted by atomic mass is 16.5. The number of rotatable bonds is 3. The first kappa shape index (κ1) is 12.9. The van der Waals surface area contributed by atoms with Crippen LogP contribution < -0.4 is 10.1 Å². The molecule has 0 aromatic heterocycles. The van der Waals surface area contributed by atoms with Crippen LogP contribution in [0.2, 0.25) is 0 Å². The molecule has 1 atom stereocenters. The lowest BCUT2D eigenvalue weighted by Gasteiger charge is -2.29. The van der Waals surface area contributed by atoms with Crippen molar-refractivity contribution in [2.45, 2.75) is 31.3 Å². The summed E-state index contributed by atoms with van der Waals surface area (Å²) in [5.41, 5.74) is 1.43. The normalized spacial score (nSPS) is 25.6. The molecule has 3 nitrogen and oxygen atoms in total. The van der Waals surface area contributed by atoms with Gasteiger partial charge in [0, 0.05) is 19.6 Å². The van der Waals surface area contributed by atoms with Crippen molar-refractivity contribution >= 4 is 0 Å². The lowest BCUT2D eigenvalue weighted by atomic mass is 9.98. The van der Waals surface area contributed by atoms with Crippen molar-refractivity contribution < 1.29 is 4.74 Å². The number of nitrogens with one attached hydrogen (secondary N) is 1. The van der Waals surface area contributed by atoms with E-state index in [4.69, 9.17) is 4.74 Å². The zero-order chi connectivity index (χ0) is 13.1. The summed E-state index contributed by atoms with van der Waals surface area (Å²) in [6, 6.07) is 8.72. The Labute approximate surface area is 115 Å². The Kier molecular flexibility index (Phi) is 4.04. The largest absolute Gasteiger partial charge is 0.490 e. The Bertz CT molecular complexity index is 407. The quantitative estimate of drug-likeness (QED) is 0.902. The van der Waals surface area contributed by atoms with Crippen LogP contribution in [0.5, 0.6) is 5.75 Å². The molecule has 19 heavy (non-hydrogen) atoms. The molecule has 1 aromatic carbocycles. The maximum absolute atomic E-state index is 6.16. The minimum absolute atomic E-state index is 0.396. The van der Waals surface area contributed by atoms with Crippen molar-refractivity contribution in [2.24, 2.45) is 0 Å². The Balaban J connectivity index is 1.62. The lowest BCUT2D eigenvalue weighted by molar-refractivity contribution is 0.114. The predicted molar refractivity (Wildman–Crippen MR) is 77.8 cm³/mol. The average Bonchev–Trinajstić information content (AvgIpc) is 2.96. The highest BCUT2D eigenvalue weighted by Gasteiger charge is 2.20. The van der Waals surface area contributed by atoms with Gasteiger partial charge in [0.1, 0.15) is 11.9 Å². The number of piperidine rings is 1. The summed E-state index contributed by atoms with van der Waals surface area (Å²) in [6.45, 7) is 4.55. The molecule has 0 radical (unpaired) electrons. The van der Waals surface area contributed by atoms with Crippen LogP contribution in [0, 0.1) is 0 Å². The number of hydrogen-bond donors (Lipinski definition) is 1. The zero-order valence-corrected chi connectivity index (χ0v) is 11.8. The van der Waals surface area contributed by atoms with Gasteiger partial charge in [0.05, 0.1) is 0 Å². The summed E-state index contributed by atoms with van der Waals surface area (Å²) in [5, 5.41) is 3.43. The zero-order valence-electron chi connectivity index (χ0n) is 11.8. The van der Waals surface area contributed by atoms with Crippen molar-refractivity contribution in [1.29, 1.82) is 0 Å². The van der Waals surface area contributed by atoms with E-state index >= 15 is 0 Å². The second-order valence-corrected chi connectivity index (χ2v) is 5.88. The molecule has 2 aliphatic heterocycles. The number of likely N-dealkylation sites (tertiary alicyclic amines) is 1. The van der Waals surface area contributed by atoms with Gasteiger partial charge >= 0.3 is 0 Å². The van der Waals surface area contributed by atoms with Crippen molar-refractivity contribution in [2.75, 3.05) is 33.2 Å². The van der Waals surface area contributed by atoms with Crippen LogP contribution in [0.25, 0.3) is 0 Å². The molecule has 3 heteroatoms. The first-order valence-corrected chi connectivity index (χ1v) is 7.47. The molecule has 0 amide bonds. The van der Waals surface area contributed by atoms with E-state index < -0.39 is 0 Å². The van der Waals surface area contributed by atoms with E-state index in [0.29, 0.717) is 12.0 Å². The van der Waals surface area contributed by atoms with Gasteiger partial charge in [-0.25, -0.2) is 0 Å². The molecule has 104 valence electrons. The van der Waals surface area contributed by atoms with Gasteiger partial charge < -0.3 is 15.0 Å². The summed E-state index contributed by atoms with van der Waals surface area (Å²) in [5.74, 6) is 1.72. The molecule has 2 heterocycles. The Morgan fingerprint density at radius 3 is 2.79 bits per heavy atom. The fourth-order valence-corrected chi connectivity index (χ4v) is 3.08. The molecule has 2 aliphatic rings. The van der Waals surface area contributed by atoms with Crippen molar-refractivity contribution in [3.8, 4) is 5.75 Å². The van der Waals surface area contributed by atoms with Crippen molar-refractivity contribution in [3.05, 3.63) is 29.8 Å². The van der Waals surface area contributed by atoms with Gasteiger partial charge in [-0.2, -0.15) is 0 Å². The monoisotopic (exact) mass is 260 g/mol. The molecule has 0 saturated carbocycles. The molecule has 1 aromatic rings. The maximum Gasteiger partial charge on any atom is 0.120 e. The van der Waals surface area contributed by atoms with Gasteiger partial charge in [-0.3, -0.25) is 0 Å². The summed E-state index contributed by atoms with van der Waals surface area (Å²) >= 11 is 0.